The highest BCUT2D eigenvalue weighted by atomic mass is 19.1. The zero-order valence-electron chi connectivity index (χ0n) is 14.3. The van der Waals surface area contributed by atoms with Gasteiger partial charge in [-0.1, -0.05) is 12.1 Å². The first-order chi connectivity index (χ1) is 12.3. The molecular formula is C17H21FN6O2. The average Bonchev–Trinajstić information content (AvgIpc) is 2.94. The van der Waals surface area contributed by atoms with E-state index in [9.17, 15) is 14.3 Å². The molecule has 3 rings (SSSR count). The minimum Gasteiger partial charge on any atom is -0.394 e. The molecule has 138 valence electrons. The lowest BCUT2D eigenvalue weighted by molar-refractivity contribution is 0.0946. The molecule has 9 heteroatoms. The van der Waals surface area contributed by atoms with Crippen LogP contribution in [0.4, 0.5) is 15.9 Å². The molecular weight excluding hydrogens is 339 g/mol. The Labute approximate surface area is 150 Å². The Hall–Kier alpha value is -2.78. The van der Waals surface area contributed by atoms with Crippen molar-refractivity contribution in [2.24, 2.45) is 0 Å². The third-order valence-corrected chi connectivity index (χ3v) is 4.40. The number of aromatic nitrogens is 2. The Balaban J connectivity index is 1.79. The fourth-order valence-electron chi connectivity index (χ4n) is 2.97. The number of amides is 1. The quantitative estimate of drug-likeness (QED) is 0.622. The number of hydrogen-bond acceptors (Lipinski definition) is 7. The molecule has 0 radical (unpaired) electrons. The molecule has 0 bridgehead atoms. The van der Waals surface area contributed by atoms with Crippen molar-refractivity contribution in [1.29, 1.82) is 0 Å². The maximum absolute atomic E-state index is 12.9. The van der Waals surface area contributed by atoms with Crippen molar-refractivity contribution in [3.63, 3.8) is 0 Å². The first-order valence-corrected chi connectivity index (χ1v) is 8.19. The Morgan fingerprint density at radius 2 is 2.04 bits per heavy atom. The number of anilines is 2. The molecule has 0 spiro atoms. The zero-order valence-corrected chi connectivity index (χ0v) is 14.3. The van der Waals surface area contributed by atoms with Crippen LogP contribution in [0.3, 0.4) is 0 Å². The van der Waals surface area contributed by atoms with Crippen LogP contribution in [0, 0.1) is 5.82 Å². The second-order valence-corrected chi connectivity index (χ2v) is 6.38. The highest BCUT2D eigenvalue weighted by Gasteiger charge is 2.32. The van der Waals surface area contributed by atoms with Gasteiger partial charge in [0.2, 0.25) is 0 Å². The fraction of sp³-hybridized carbons (Fsp3) is 0.353. The van der Waals surface area contributed by atoms with Gasteiger partial charge >= 0.3 is 0 Å². The number of hydrogen-bond donors (Lipinski definition) is 4. The number of nitrogens with zero attached hydrogens (tertiary/aromatic N) is 3. The number of carbonyl (C=O) groups is 1. The third-order valence-electron chi connectivity index (χ3n) is 4.40. The normalized spacial score (nSPS) is 20.3. The third kappa shape index (κ3) is 3.73. The number of halogens is 1. The predicted molar refractivity (Wildman–Crippen MR) is 94.4 cm³/mol. The Morgan fingerprint density at radius 3 is 2.65 bits per heavy atom. The van der Waals surface area contributed by atoms with Gasteiger partial charge in [-0.3, -0.25) is 9.69 Å². The lowest BCUT2D eigenvalue weighted by Crippen LogP contribution is -2.28. The molecule has 1 aliphatic rings. The van der Waals surface area contributed by atoms with Gasteiger partial charge in [-0.25, -0.2) is 14.4 Å². The second kappa shape index (κ2) is 7.22. The van der Waals surface area contributed by atoms with E-state index in [1.165, 1.54) is 12.1 Å². The summed E-state index contributed by atoms with van der Waals surface area (Å²) in [6, 6.07) is 5.55. The number of β-amino-alcohol motifs (C(OH)–C–C–N with tert-alkyl or cyclic N) is 1. The van der Waals surface area contributed by atoms with E-state index in [2.05, 4.69) is 15.3 Å². The van der Waals surface area contributed by atoms with Crippen molar-refractivity contribution in [2.45, 2.75) is 25.1 Å². The van der Waals surface area contributed by atoms with Crippen molar-refractivity contribution in [3.05, 3.63) is 47.2 Å². The number of benzene rings is 1. The summed E-state index contributed by atoms with van der Waals surface area (Å²) in [5.74, 6) is -0.469. The van der Waals surface area contributed by atoms with Gasteiger partial charge in [0, 0.05) is 13.1 Å². The minimum atomic E-state index is -0.497. The number of aliphatic hydroxyl groups excluding tert-OH is 1. The van der Waals surface area contributed by atoms with Gasteiger partial charge in [0.15, 0.2) is 11.5 Å². The van der Waals surface area contributed by atoms with Crippen LogP contribution in [-0.4, -0.2) is 45.6 Å². The molecule has 0 saturated carbocycles. The molecule has 26 heavy (non-hydrogen) atoms. The molecule has 6 N–H and O–H groups in total. The number of likely N-dealkylation sites (tertiary alicyclic amines) is 1. The van der Waals surface area contributed by atoms with E-state index in [0.29, 0.717) is 18.8 Å². The number of likely N-dealkylation sites (N-methyl/N-ethyl adjacent to an activating group) is 1. The van der Waals surface area contributed by atoms with Crippen molar-refractivity contribution >= 4 is 17.4 Å². The van der Waals surface area contributed by atoms with E-state index in [4.69, 9.17) is 11.5 Å². The molecule has 2 aromatic rings. The standard InChI is InChI=1S/C17H21FN6O2/c1-24-8-11(25)6-12(24)16-22-14(13(19)15(20)23-16)17(26)21-7-9-2-4-10(18)5-3-9/h2-5,11-12,25H,6-8,19H2,1H3,(H,21,26)(H2,20,22,23)/t11-,12+/m1/s1. The first kappa shape index (κ1) is 18.0. The monoisotopic (exact) mass is 360 g/mol. The predicted octanol–water partition coefficient (Wildman–Crippen LogP) is 0.448. The number of aliphatic hydroxyl groups is 1. The summed E-state index contributed by atoms with van der Waals surface area (Å²) >= 11 is 0. The Bertz CT molecular complexity index is 814. The molecule has 2 heterocycles. The van der Waals surface area contributed by atoms with E-state index in [0.717, 1.165) is 5.56 Å². The van der Waals surface area contributed by atoms with Crippen LogP contribution in [0.5, 0.6) is 0 Å². The number of carbonyl (C=O) groups excluding carboxylic acids is 1. The highest BCUT2D eigenvalue weighted by molar-refractivity contribution is 5.99. The van der Waals surface area contributed by atoms with Crippen LogP contribution < -0.4 is 16.8 Å². The Morgan fingerprint density at radius 1 is 1.35 bits per heavy atom. The second-order valence-electron chi connectivity index (χ2n) is 6.38. The smallest absolute Gasteiger partial charge is 0.272 e. The number of nitrogens with two attached hydrogens (primary N) is 2. The summed E-state index contributed by atoms with van der Waals surface area (Å²) in [4.78, 5) is 22.9. The van der Waals surface area contributed by atoms with Gasteiger partial charge in [-0.15, -0.1) is 0 Å². The van der Waals surface area contributed by atoms with Crippen molar-refractivity contribution in [2.75, 3.05) is 25.1 Å². The molecule has 1 aliphatic heterocycles. The lowest BCUT2D eigenvalue weighted by atomic mass is 10.1. The zero-order chi connectivity index (χ0) is 18.8. The van der Waals surface area contributed by atoms with Crippen LogP contribution in [0.2, 0.25) is 0 Å². The molecule has 1 fully saturated rings. The Kier molecular flexibility index (Phi) is 5.01. The maximum Gasteiger partial charge on any atom is 0.272 e. The van der Waals surface area contributed by atoms with Gasteiger partial charge in [-0.05, 0) is 31.2 Å². The summed E-state index contributed by atoms with van der Waals surface area (Å²) < 4.78 is 12.9. The molecule has 1 saturated heterocycles. The van der Waals surface area contributed by atoms with Crippen LogP contribution in [-0.2, 0) is 6.54 Å². The number of rotatable bonds is 4. The largest absolute Gasteiger partial charge is 0.394 e. The molecule has 1 aromatic heterocycles. The molecule has 8 nitrogen and oxygen atoms in total. The van der Waals surface area contributed by atoms with E-state index in [1.54, 1.807) is 12.1 Å². The van der Waals surface area contributed by atoms with Crippen molar-refractivity contribution in [3.8, 4) is 0 Å². The SMILES string of the molecule is CN1C[C@H](O)C[C@H]1c1nc(N)c(N)c(C(=O)NCc2ccc(F)cc2)n1. The minimum absolute atomic E-state index is 0.00607. The number of nitrogens with one attached hydrogen (secondary N) is 1. The summed E-state index contributed by atoms with van der Waals surface area (Å²) in [7, 11) is 1.84. The van der Waals surface area contributed by atoms with Crippen LogP contribution in [0.15, 0.2) is 24.3 Å². The first-order valence-electron chi connectivity index (χ1n) is 8.19. The summed E-state index contributed by atoms with van der Waals surface area (Å²) in [6.45, 7) is 0.685. The fourth-order valence-corrected chi connectivity index (χ4v) is 2.97. The molecule has 0 unspecified atom stereocenters. The summed E-state index contributed by atoms with van der Waals surface area (Å²) in [5.41, 5.74) is 12.5. The van der Waals surface area contributed by atoms with E-state index in [-0.39, 0.29) is 35.6 Å². The van der Waals surface area contributed by atoms with Crippen molar-refractivity contribution < 1.29 is 14.3 Å². The van der Waals surface area contributed by atoms with Crippen LogP contribution >= 0.6 is 0 Å². The summed E-state index contributed by atoms with van der Waals surface area (Å²) in [5, 5.41) is 12.5. The van der Waals surface area contributed by atoms with Crippen molar-refractivity contribution in [1.82, 2.24) is 20.2 Å². The molecule has 2 atom stereocenters. The van der Waals surface area contributed by atoms with Gasteiger partial charge in [-0.2, -0.15) is 0 Å². The van der Waals surface area contributed by atoms with Gasteiger partial charge in [0.25, 0.3) is 5.91 Å². The van der Waals surface area contributed by atoms with Crippen LogP contribution in [0.25, 0.3) is 0 Å². The average molecular weight is 360 g/mol. The van der Waals surface area contributed by atoms with Gasteiger partial charge in [0.1, 0.15) is 17.3 Å². The van der Waals surface area contributed by atoms with Gasteiger partial charge in [0.05, 0.1) is 12.1 Å². The highest BCUT2D eigenvalue weighted by Crippen LogP contribution is 2.30. The van der Waals surface area contributed by atoms with E-state index < -0.39 is 12.0 Å². The topological polar surface area (TPSA) is 130 Å². The van der Waals surface area contributed by atoms with Crippen LogP contribution in [0.1, 0.15) is 34.3 Å². The summed E-state index contributed by atoms with van der Waals surface area (Å²) in [6.07, 6.45) is -0.0284. The van der Waals surface area contributed by atoms with E-state index in [1.807, 2.05) is 11.9 Å². The lowest BCUT2D eigenvalue weighted by Gasteiger charge is -2.19. The van der Waals surface area contributed by atoms with E-state index >= 15 is 0 Å². The molecule has 1 aromatic carbocycles. The molecule has 0 aliphatic carbocycles. The molecule has 1 amide bonds. The maximum atomic E-state index is 12.9. The number of nitrogen functional groups attached to an aromatic ring is 2. The van der Waals surface area contributed by atoms with Gasteiger partial charge < -0.3 is 21.9 Å².